The van der Waals surface area contributed by atoms with Gasteiger partial charge in [0.15, 0.2) is 0 Å². The summed E-state index contributed by atoms with van der Waals surface area (Å²) in [5.74, 6) is -3.84. The van der Waals surface area contributed by atoms with Crippen molar-refractivity contribution in [3.05, 3.63) is 138 Å². The molecule has 17 heteroatoms. The van der Waals surface area contributed by atoms with Crippen LogP contribution < -0.4 is 37.0 Å². The summed E-state index contributed by atoms with van der Waals surface area (Å²) in [6.45, 7) is 3.25. The molecule has 0 aliphatic carbocycles. The summed E-state index contributed by atoms with van der Waals surface area (Å²) in [6.07, 6.45) is 1.93. The van der Waals surface area contributed by atoms with Crippen molar-refractivity contribution in [3.63, 3.8) is 0 Å². The first-order valence-electron chi connectivity index (χ1n) is 19.8. The third-order valence-corrected chi connectivity index (χ3v) is 11.6. The number of aryl methyl sites for hydroxylation is 1. The largest absolute Gasteiger partial charge is 0.369 e. The molecule has 1 aliphatic heterocycles. The monoisotopic (exact) mass is 847 g/mol. The van der Waals surface area contributed by atoms with Crippen molar-refractivity contribution in [2.45, 2.75) is 74.6 Å². The van der Waals surface area contributed by atoms with E-state index in [1.807, 2.05) is 37.3 Å². The van der Waals surface area contributed by atoms with E-state index in [0.717, 1.165) is 22.0 Å². The molecule has 0 bridgehead atoms. The first-order chi connectivity index (χ1) is 29.3. The van der Waals surface area contributed by atoms with Crippen LogP contribution in [0.3, 0.4) is 0 Å². The van der Waals surface area contributed by atoms with Crippen molar-refractivity contribution < 1.29 is 32.4 Å². The molecule has 0 spiro atoms. The van der Waals surface area contributed by atoms with Crippen LogP contribution in [0.15, 0.2) is 125 Å². The van der Waals surface area contributed by atoms with Crippen LogP contribution in [0.25, 0.3) is 10.9 Å². The summed E-state index contributed by atoms with van der Waals surface area (Å²) in [7, 11) is -4.02. The summed E-state index contributed by atoms with van der Waals surface area (Å²) in [4.78, 5) is 77.8. The van der Waals surface area contributed by atoms with E-state index in [-0.39, 0.29) is 43.1 Å². The summed E-state index contributed by atoms with van der Waals surface area (Å²) < 4.78 is 27.9. The van der Waals surface area contributed by atoms with Gasteiger partial charge in [0, 0.05) is 36.5 Å². The Morgan fingerprint density at radius 1 is 0.672 bits per heavy atom. The Labute approximate surface area is 353 Å². The lowest BCUT2D eigenvalue weighted by atomic mass is 10.0. The Hall–Kier alpha value is -7.01. The average molecular weight is 848 g/mol. The zero-order valence-corrected chi connectivity index (χ0v) is 34.5. The highest BCUT2D eigenvalue weighted by Gasteiger charge is 2.34. The number of benzene rings is 4. The number of sulfonamides is 1. The quantitative estimate of drug-likeness (QED) is 0.0555. The normalized spacial score (nSPS) is 20.9. The number of nitrogens with one attached hydrogen (secondary N) is 7. The molecule has 1 aromatic heterocycles. The van der Waals surface area contributed by atoms with E-state index in [1.54, 1.807) is 72.9 Å². The predicted octanol–water partition coefficient (Wildman–Crippen LogP) is 2.17. The van der Waals surface area contributed by atoms with Gasteiger partial charge < -0.3 is 37.3 Å². The van der Waals surface area contributed by atoms with Gasteiger partial charge in [0.25, 0.3) is 10.0 Å². The van der Waals surface area contributed by atoms with Crippen LogP contribution in [0.5, 0.6) is 0 Å². The molecule has 61 heavy (non-hydrogen) atoms. The zero-order chi connectivity index (χ0) is 43.5. The maximum Gasteiger partial charge on any atom is 0.264 e. The third-order valence-electron chi connectivity index (χ3n) is 10.2. The third kappa shape index (κ3) is 11.6. The number of aromatic amines is 1. The van der Waals surface area contributed by atoms with Gasteiger partial charge in [-0.1, -0.05) is 96.6 Å². The lowest BCUT2D eigenvalue weighted by molar-refractivity contribution is -0.134. The average Bonchev–Trinajstić information content (AvgIpc) is 3.65. The van der Waals surface area contributed by atoms with Gasteiger partial charge in [-0.25, -0.2) is 13.1 Å². The van der Waals surface area contributed by atoms with E-state index in [0.29, 0.717) is 11.1 Å². The zero-order valence-electron chi connectivity index (χ0n) is 33.7. The van der Waals surface area contributed by atoms with Gasteiger partial charge in [0.1, 0.15) is 30.2 Å². The summed E-state index contributed by atoms with van der Waals surface area (Å²) in [5.41, 5.74) is 9.51. The minimum Gasteiger partial charge on any atom is -0.369 e. The molecule has 9 N–H and O–H groups in total. The van der Waals surface area contributed by atoms with E-state index in [4.69, 9.17) is 5.73 Å². The molecular formula is C44H49N9O7S. The number of rotatable bonds is 11. The number of fused-ring (bicyclic) bond motifs is 1. The summed E-state index contributed by atoms with van der Waals surface area (Å²) in [6, 6.07) is 25.0. The van der Waals surface area contributed by atoms with Gasteiger partial charge in [-0.15, -0.1) is 0 Å². The lowest BCUT2D eigenvalue weighted by Crippen LogP contribution is -2.57. The highest BCUT2D eigenvalue weighted by atomic mass is 32.2. The first-order valence-corrected chi connectivity index (χ1v) is 21.3. The second-order valence-electron chi connectivity index (χ2n) is 14.8. The molecule has 0 saturated carbocycles. The van der Waals surface area contributed by atoms with Crippen LogP contribution >= 0.6 is 0 Å². The second kappa shape index (κ2) is 19.8. The molecule has 1 unspecified atom stereocenters. The highest BCUT2D eigenvalue weighted by Crippen LogP contribution is 2.21. The predicted molar refractivity (Wildman–Crippen MR) is 230 cm³/mol. The van der Waals surface area contributed by atoms with Crippen LogP contribution in [-0.2, 0) is 46.8 Å². The van der Waals surface area contributed by atoms with Gasteiger partial charge in [-0.2, -0.15) is 0 Å². The van der Waals surface area contributed by atoms with Crippen molar-refractivity contribution in [2.24, 2.45) is 10.7 Å². The van der Waals surface area contributed by atoms with Crippen LogP contribution in [0.4, 0.5) is 0 Å². The SMILES string of the molecule is Cc1ccc(S(=O)(=O)NC(N)=NCCC[C@H]2NC(=O)C(c3ccccc3)NC(=O)[C@H](Cc3c[nH]c4ccccc34)NC(=O)[C@@H](C)NC(=O)[C@H](Cc3ccccc3)NC2=O)cc1. The number of nitrogens with zero attached hydrogens (tertiary/aromatic N) is 1. The lowest BCUT2D eigenvalue weighted by Gasteiger charge is -2.26. The van der Waals surface area contributed by atoms with Gasteiger partial charge in [-0.05, 0) is 61.6 Å². The molecule has 5 atom stereocenters. The van der Waals surface area contributed by atoms with Crippen molar-refractivity contribution >= 4 is 56.4 Å². The van der Waals surface area contributed by atoms with E-state index in [1.165, 1.54) is 19.1 Å². The summed E-state index contributed by atoms with van der Waals surface area (Å²) >= 11 is 0. The van der Waals surface area contributed by atoms with Crippen molar-refractivity contribution in [1.82, 2.24) is 36.3 Å². The number of carbonyl (C=O) groups is 5. The van der Waals surface area contributed by atoms with Crippen LogP contribution in [0.2, 0.25) is 0 Å². The molecule has 5 amide bonds. The van der Waals surface area contributed by atoms with E-state index < -0.39 is 69.8 Å². The number of para-hydroxylation sites is 1. The van der Waals surface area contributed by atoms with Gasteiger partial charge in [-0.3, -0.25) is 29.0 Å². The number of hydrogen-bond donors (Lipinski definition) is 8. The number of aromatic nitrogens is 1. The Kier molecular flexibility index (Phi) is 14.2. The molecule has 1 aliphatic rings. The highest BCUT2D eigenvalue weighted by molar-refractivity contribution is 7.90. The molecule has 6 rings (SSSR count). The van der Waals surface area contributed by atoms with Crippen molar-refractivity contribution in [2.75, 3.05) is 6.54 Å². The summed E-state index contributed by atoms with van der Waals surface area (Å²) in [5, 5.41) is 14.7. The minimum absolute atomic E-state index is 0.000885. The molecule has 1 fully saturated rings. The standard InChI is InChI=1S/C44H49N9O7S/c1-27-19-21-32(22-20-27)61(59,60)53-44(45)46-23-11-18-35-40(55)51-36(24-29-12-5-3-6-13-29)41(56)48-28(2)39(54)50-37(25-31-26-47-34-17-10-9-16-33(31)34)42(57)52-38(43(58)49-35)30-14-7-4-8-15-30/h3-10,12-17,19-22,26,28,35-38,47H,11,18,23-25H2,1-2H3,(H,48,56)(H,49,58)(H,50,54)(H,51,55)(H,52,57)(H3,45,46,53)/t28-,35-,36+,37+,38?/m1/s1. The van der Waals surface area contributed by atoms with E-state index in [2.05, 4.69) is 41.3 Å². The maximum absolute atomic E-state index is 14.4. The second-order valence-corrected chi connectivity index (χ2v) is 16.5. The van der Waals surface area contributed by atoms with Gasteiger partial charge in [0.05, 0.1) is 4.90 Å². The Morgan fingerprint density at radius 3 is 1.98 bits per heavy atom. The number of carbonyl (C=O) groups excluding carboxylic acids is 5. The molecule has 2 heterocycles. The van der Waals surface area contributed by atoms with Crippen molar-refractivity contribution in [3.8, 4) is 0 Å². The van der Waals surface area contributed by atoms with Crippen molar-refractivity contribution in [1.29, 1.82) is 0 Å². The fourth-order valence-corrected chi connectivity index (χ4v) is 7.84. The number of nitrogens with two attached hydrogens (primary N) is 1. The molecule has 318 valence electrons. The van der Waals surface area contributed by atoms with E-state index in [9.17, 15) is 32.4 Å². The van der Waals surface area contributed by atoms with Crippen LogP contribution in [0.1, 0.15) is 48.1 Å². The Bertz CT molecular complexity index is 2490. The molecular weight excluding hydrogens is 799 g/mol. The Morgan fingerprint density at radius 2 is 1.26 bits per heavy atom. The number of amides is 5. The Balaban J connectivity index is 1.30. The smallest absolute Gasteiger partial charge is 0.264 e. The topological polar surface area (TPSA) is 246 Å². The van der Waals surface area contributed by atoms with Gasteiger partial charge >= 0.3 is 0 Å². The minimum atomic E-state index is -4.02. The molecule has 1 saturated heterocycles. The van der Waals surface area contributed by atoms with Gasteiger partial charge in [0.2, 0.25) is 35.5 Å². The van der Waals surface area contributed by atoms with Crippen LogP contribution in [-0.4, -0.2) is 79.6 Å². The van der Waals surface area contributed by atoms with E-state index >= 15 is 0 Å². The number of guanidine groups is 1. The maximum atomic E-state index is 14.4. The molecule has 5 aromatic rings. The van der Waals surface area contributed by atoms with Crippen LogP contribution in [0, 0.1) is 6.92 Å². The molecule has 4 aromatic carbocycles. The fourth-order valence-electron chi connectivity index (χ4n) is 6.89. The molecule has 0 radical (unpaired) electrons. The molecule has 16 nitrogen and oxygen atoms in total. The number of aliphatic imine (C=N–C) groups is 1. The number of hydrogen-bond acceptors (Lipinski definition) is 8. The number of H-pyrrole nitrogens is 1. The first kappa shape index (κ1) is 43.6. The fraction of sp³-hybridized carbons (Fsp3) is 0.273.